The molecule has 4 rings (SSSR count). The largest absolute Gasteiger partial charge is 0.340 e. The summed E-state index contributed by atoms with van der Waals surface area (Å²) < 4.78 is 14.1. The molecule has 0 unspecified atom stereocenters. The summed E-state index contributed by atoms with van der Waals surface area (Å²) >= 11 is 3.45. The van der Waals surface area contributed by atoms with Gasteiger partial charge in [-0.15, -0.1) is 0 Å². The number of nitrogens with zero attached hydrogens (tertiary/aromatic N) is 2. The number of halogens is 2. The van der Waals surface area contributed by atoms with Crippen molar-refractivity contribution in [1.29, 1.82) is 0 Å². The predicted octanol–water partition coefficient (Wildman–Crippen LogP) is 6.35. The maximum atomic E-state index is 13.1. The number of carbonyl (C=O) groups excluding carboxylic acids is 1. The highest BCUT2D eigenvalue weighted by Crippen LogP contribution is 2.22. The Hall–Kier alpha value is -3.58. The molecule has 0 saturated carbocycles. The van der Waals surface area contributed by atoms with Crippen molar-refractivity contribution in [2.24, 2.45) is 0 Å². The molecule has 0 aliphatic rings. The van der Waals surface area contributed by atoms with Crippen molar-refractivity contribution < 1.29 is 9.18 Å². The van der Waals surface area contributed by atoms with Gasteiger partial charge in [0.2, 0.25) is 0 Å². The molecule has 0 aliphatic carbocycles. The van der Waals surface area contributed by atoms with Crippen LogP contribution < -0.4 is 10.6 Å². The standard InChI is InChI=1S/C24H18BrFN4O/c1-15-14-20(10-11-21(15)25)29-24(31)17-4-8-19(9-5-17)28-22-12-13-27-23(30-22)16-2-6-18(26)7-3-16/h2-14H,1H3,(H,29,31)(H,27,28,30). The number of rotatable bonds is 5. The molecule has 0 saturated heterocycles. The molecule has 1 aromatic heterocycles. The van der Waals surface area contributed by atoms with Gasteiger partial charge in [-0.25, -0.2) is 14.4 Å². The number of carbonyl (C=O) groups is 1. The van der Waals surface area contributed by atoms with Gasteiger partial charge in [-0.3, -0.25) is 4.79 Å². The Labute approximate surface area is 187 Å². The number of anilines is 3. The van der Waals surface area contributed by atoms with Crippen LogP contribution in [0.1, 0.15) is 15.9 Å². The number of nitrogens with one attached hydrogen (secondary N) is 2. The lowest BCUT2D eigenvalue weighted by atomic mass is 10.1. The Balaban J connectivity index is 1.45. The highest BCUT2D eigenvalue weighted by molar-refractivity contribution is 9.10. The van der Waals surface area contributed by atoms with Crippen LogP contribution in [-0.2, 0) is 0 Å². The first kappa shape index (κ1) is 20.7. The third kappa shape index (κ3) is 5.13. The average molecular weight is 477 g/mol. The minimum Gasteiger partial charge on any atom is -0.340 e. The smallest absolute Gasteiger partial charge is 0.255 e. The fourth-order valence-electron chi connectivity index (χ4n) is 2.94. The zero-order valence-corrected chi connectivity index (χ0v) is 18.2. The molecule has 0 bridgehead atoms. The van der Waals surface area contributed by atoms with E-state index in [0.29, 0.717) is 17.2 Å². The van der Waals surface area contributed by atoms with Gasteiger partial charge in [-0.2, -0.15) is 0 Å². The lowest BCUT2D eigenvalue weighted by Gasteiger charge is -2.09. The van der Waals surface area contributed by atoms with Crippen LogP contribution in [0.3, 0.4) is 0 Å². The van der Waals surface area contributed by atoms with Gasteiger partial charge in [0.15, 0.2) is 5.82 Å². The lowest BCUT2D eigenvalue weighted by molar-refractivity contribution is 0.102. The molecule has 0 fully saturated rings. The van der Waals surface area contributed by atoms with Crippen molar-refractivity contribution in [2.75, 3.05) is 10.6 Å². The molecule has 7 heteroatoms. The number of benzene rings is 3. The molecule has 3 aromatic carbocycles. The first-order valence-corrected chi connectivity index (χ1v) is 10.3. The fraction of sp³-hybridized carbons (Fsp3) is 0.0417. The summed E-state index contributed by atoms with van der Waals surface area (Å²) in [4.78, 5) is 21.2. The molecular formula is C24H18BrFN4O. The van der Waals surface area contributed by atoms with Gasteiger partial charge in [0.05, 0.1) is 0 Å². The van der Waals surface area contributed by atoms with Crippen LogP contribution in [0.2, 0.25) is 0 Å². The van der Waals surface area contributed by atoms with Crippen molar-refractivity contribution in [3.8, 4) is 11.4 Å². The van der Waals surface area contributed by atoms with Crippen LogP contribution in [-0.4, -0.2) is 15.9 Å². The van der Waals surface area contributed by atoms with E-state index in [2.05, 4.69) is 36.5 Å². The van der Waals surface area contributed by atoms with Gasteiger partial charge in [0, 0.05) is 33.2 Å². The Morgan fingerprint density at radius 3 is 2.35 bits per heavy atom. The topological polar surface area (TPSA) is 66.9 Å². The Bertz CT molecular complexity index is 1230. The number of aryl methyl sites for hydroxylation is 1. The van der Waals surface area contributed by atoms with Gasteiger partial charge in [0.25, 0.3) is 5.91 Å². The monoisotopic (exact) mass is 476 g/mol. The van der Waals surface area contributed by atoms with Crippen molar-refractivity contribution >= 4 is 39.0 Å². The molecule has 31 heavy (non-hydrogen) atoms. The quantitative estimate of drug-likeness (QED) is 0.352. The van der Waals surface area contributed by atoms with Crippen molar-refractivity contribution in [1.82, 2.24) is 9.97 Å². The molecule has 5 nitrogen and oxygen atoms in total. The van der Waals surface area contributed by atoms with Crippen LogP contribution in [0.25, 0.3) is 11.4 Å². The van der Waals surface area contributed by atoms with Crippen molar-refractivity contribution in [3.05, 3.63) is 100 Å². The molecule has 0 atom stereocenters. The van der Waals surface area contributed by atoms with Gasteiger partial charge >= 0.3 is 0 Å². The second-order valence-electron chi connectivity index (χ2n) is 6.89. The summed E-state index contributed by atoms with van der Waals surface area (Å²) in [5.74, 6) is 0.592. The molecule has 2 N–H and O–H groups in total. The van der Waals surface area contributed by atoms with Gasteiger partial charge in [-0.1, -0.05) is 15.9 Å². The third-order valence-corrected chi connectivity index (χ3v) is 5.48. The zero-order chi connectivity index (χ0) is 21.8. The van der Waals surface area contributed by atoms with E-state index >= 15 is 0 Å². The van der Waals surface area contributed by atoms with E-state index in [0.717, 1.165) is 27.0 Å². The fourth-order valence-corrected chi connectivity index (χ4v) is 3.19. The second-order valence-corrected chi connectivity index (χ2v) is 7.75. The van der Waals surface area contributed by atoms with E-state index in [1.54, 1.807) is 48.7 Å². The van der Waals surface area contributed by atoms with Crippen LogP contribution in [0.5, 0.6) is 0 Å². The highest BCUT2D eigenvalue weighted by atomic mass is 79.9. The molecule has 1 amide bonds. The average Bonchev–Trinajstić information content (AvgIpc) is 2.77. The van der Waals surface area contributed by atoms with E-state index in [4.69, 9.17) is 0 Å². The maximum absolute atomic E-state index is 13.1. The van der Waals surface area contributed by atoms with Gasteiger partial charge < -0.3 is 10.6 Å². The van der Waals surface area contributed by atoms with Gasteiger partial charge in [-0.05, 0) is 85.3 Å². The summed E-state index contributed by atoms with van der Waals surface area (Å²) in [5, 5.41) is 6.09. The minimum absolute atomic E-state index is 0.186. The number of aromatic nitrogens is 2. The van der Waals surface area contributed by atoms with Crippen LogP contribution in [0, 0.1) is 12.7 Å². The summed E-state index contributed by atoms with van der Waals surface area (Å²) in [6, 6.07) is 20.5. The van der Waals surface area contributed by atoms with Crippen LogP contribution in [0.4, 0.5) is 21.6 Å². The lowest BCUT2D eigenvalue weighted by Crippen LogP contribution is -2.11. The summed E-state index contributed by atoms with van der Waals surface area (Å²) in [5.41, 5.74) is 3.82. The second kappa shape index (κ2) is 9.06. The van der Waals surface area contributed by atoms with Crippen molar-refractivity contribution in [3.63, 3.8) is 0 Å². The molecule has 0 radical (unpaired) electrons. The summed E-state index contributed by atoms with van der Waals surface area (Å²) in [7, 11) is 0. The summed E-state index contributed by atoms with van der Waals surface area (Å²) in [6.45, 7) is 1.97. The number of amides is 1. The third-order valence-electron chi connectivity index (χ3n) is 4.59. The van der Waals surface area contributed by atoms with E-state index in [9.17, 15) is 9.18 Å². The predicted molar refractivity (Wildman–Crippen MR) is 124 cm³/mol. The summed E-state index contributed by atoms with van der Waals surface area (Å²) in [6.07, 6.45) is 1.63. The number of hydrogen-bond acceptors (Lipinski definition) is 4. The first-order valence-electron chi connectivity index (χ1n) is 9.51. The molecule has 154 valence electrons. The first-order chi connectivity index (χ1) is 15.0. The normalized spacial score (nSPS) is 10.5. The van der Waals surface area contributed by atoms with Crippen LogP contribution in [0.15, 0.2) is 83.5 Å². The minimum atomic E-state index is -0.308. The van der Waals surface area contributed by atoms with Crippen LogP contribution >= 0.6 is 15.9 Å². The maximum Gasteiger partial charge on any atom is 0.255 e. The molecular weight excluding hydrogens is 459 g/mol. The molecule has 1 heterocycles. The zero-order valence-electron chi connectivity index (χ0n) is 16.6. The molecule has 0 aliphatic heterocycles. The SMILES string of the molecule is Cc1cc(NC(=O)c2ccc(Nc3ccnc(-c4ccc(F)cc4)n3)cc2)ccc1Br. The van der Waals surface area contributed by atoms with E-state index in [-0.39, 0.29) is 11.7 Å². The number of hydrogen-bond donors (Lipinski definition) is 2. The van der Waals surface area contributed by atoms with E-state index in [1.165, 1.54) is 12.1 Å². The van der Waals surface area contributed by atoms with Gasteiger partial charge in [0.1, 0.15) is 11.6 Å². The van der Waals surface area contributed by atoms with Crippen molar-refractivity contribution in [2.45, 2.75) is 6.92 Å². The Morgan fingerprint density at radius 1 is 0.935 bits per heavy atom. The Kier molecular flexibility index (Phi) is 6.04. The molecule has 0 spiro atoms. The van der Waals surface area contributed by atoms with E-state index < -0.39 is 0 Å². The molecule has 4 aromatic rings. The highest BCUT2D eigenvalue weighted by Gasteiger charge is 2.08. The Morgan fingerprint density at radius 2 is 1.65 bits per heavy atom. The van der Waals surface area contributed by atoms with E-state index in [1.807, 2.05) is 25.1 Å².